The molecule has 2 N–H and O–H groups in total. The van der Waals surface area contributed by atoms with Gasteiger partial charge in [0.1, 0.15) is 11.5 Å². The topological polar surface area (TPSA) is 85.4 Å². The molecule has 0 aliphatic heterocycles. The molecule has 0 saturated carbocycles. The van der Waals surface area contributed by atoms with Gasteiger partial charge in [0.2, 0.25) is 5.95 Å². The summed E-state index contributed by atoms with van der Waals surface area (Å²) in [7, 11) is 1.60. The molecule has 0 aliphatic rings. The van der Waals surface area contributed by atoms with Gasteiger partial charge in [-0.05, 0) is 75.4 Å². The number of methoxy groups -OCH3 is 1. The van der Waals surface area contributed by atoms with Crippen LogP contribution in [-0.4, -0.2) is 29.1 Å². The zero-order valence-corrected chi connectivity index (χ0v) is 16.9. The maximum Gasteiger partial charge on any atom is 0.265 e. The lowest BCUT2D eigenvalue weighted by molar-refractivity contribution is -0.122. The van der Waals surface area contributed by atoms with Crippen molar-refractivity contribution in [1.82, 2.24) is 9.97 Å². The average molecular weight is 392 g/mol. The minimum atomic E-state index is -0.648. The Morgan fingerprint density at radius 3 is 2.03 bits per heavy atom. The van der Waals surface area contributed by atoms with Crippen molar-refractivity contribution in [3.05, 3.63) is 66.0 Å². The summed E-state index contributed by atoms with van der Waals surface area (Å²) in [5, 5.41) is 6.01. The summed E-state index contributed by atoms with van der Waals surface area (Å²) in [6, 6.07) is 16.3. The van der Waals surface area contributed by atoms with Crippen LogP contribution in [0.5, 0.6) is 11.5 Å². The Bertz CT molecular complexity index is 952. The number of nitrogens with zero attached hydrogens (tertiary/aromatic N) is 2. The fourth-order valence-corrected chi connectivity index (χ4v) is 2.70. The van der Waals surface area contributed by atoms with E-state index in [2.05, 4.69) is 20.6 Å². The summed E-state index contributed by atoms with van der Waals surface area (Å²) in [5.41, 5.74) is 3.30. The number of rotatable bonds is 7. The third-order valence-electron chi connectivity index (χ3n) is 4.13. The monoisotopic (exact) mass is 392 g/mol. The number of nitrogens with one attached hydrogen (secondary N) is 2. The minimum Gasteiger partial charge on any atom is -0.497 e. The highest BCUT2D eigenvalue weighted by Gasteiger charge is 2.15. The van der Waals surface area contributed by atoms with Gasteiger partial charge < -0.3 is 20.1 Å². The molecule has 0 spiro atoms. The van der Waals surface area contributed by atoms with E-state index in [9.17, 15) is 4.79 Å². The van der Waals surface area contributed by atoms with Crippen molar-refractivity contribution in [2.24, 2.45) is 0 Å². The van der Waals surface area contributed by atoms with Crippen molar-refractivity contribution in [3.63, 3.8) is 0 Å². The molecule has 29 heavy (non-hydrogen) atoms. The number of benzene rings is 2. The summed E-state index contributed by atoms with van der Waals surface area (Å²) in [5.74, 6) is 1.63. The molecule has 7 heteroatoms. The van der Waals surface area contributed by atoms with Crippen molar-refractivity contribution >= 4 is 23.2 Å². The summed E-state index contributed by atoms with van der Waals surface area (Å²) < 4.78 is 10.8. The van der Waals surface area contributed by atoms with Crippen LogP contribution in [0.3, 0.4) is 0 Å². The second-order valence-electron chi connectivity index (χ2n) is 6.60. The van der Waals surface area contributed by atoms with E-state index in [0.717, 1.165) is 22.8 Å². The van der Waals surface area contributed by atoms with Crippen LogP contribution in [0.1, 0.15) is 18.3 Å². The van der Waals surface area contributed by atoms with E-state index in [-0.39, 0.29) is 5.91 Å². The zero-order chi connectivity index (χ0) is 20.8. The number of amides is 1. The molecule has 0 aliphatic carbocycles. The van der Waals surface area contributed by atoms with Crippen LogP contribution in [0.2, 0.25) is 0 Å². The fourth-order valence-electron chi connectivity index (χ4n) is 2.70. The van der Waals surface area contributed by atoms with Gasteiger partial charge in [-0.2, -0.15) is 0 Å². The second-order valence-corrected chi connectivity index (χ2v) is 6.60. The van der Waals surface area contributed by atoms with E-state index in [1.54, 1.807) is 38.3 Å². The van der Waals surface area contributed by atoms with Crippen molar-refractivity contribution < 1.29 is 14.3 Å². The number of carbonyl (C=O) groups is 1. The van der Waals surface area contributed by atoms with Gasteiger partial charge in [0, 0.05) is 22.8 Å². The van der Waals surface area contributed by atoms with E-state index in [1.165, 1.54) is 0 Å². The molecule has 0 fully saturated rings. The van der Waals surface area contributed by atoms with Crippen LogP contribution in [0.15, 0.2) is 54.6 Å². The van der Waals surface area contributed by atoms with Crippen molar-refractivity contribution in [1.29, 1.82) is 0 Å². The molecule has 3 aromatic rings. The molecule has 1 unspecified atom stereocenters. The molecular formula is C22H24N4O3. The first-order valence-corrected chi connectivity index (χ1v) is 9.24. The predicted molar refractivity (Wildman–Crippen MR) is 113 cm³/mol. The van der Waals surface area contributed by atoms with Crippen molar-refractivity contribution in [3.8, 4) is 11.5 Å². The molecule has 0 saturated heterocycles. The Balaban J connectivity index is 1.57. The predicted octanol–water partition coefficient (Wildman–Crippen LogP) is 4.25. The Morgan fingerprint density at radius 2 is 1.45 bits per heavy atom. The summed E-state index contributed by atoms with van der Waals surface area (Å²) in [6.45, 7) is 5.55. The van der Waals surface area contributed by atoms with Crippen LogP contribution >= 0.6 is 0 Å². The molecule has 150 valence electrons. The number of hydrogen-bond donors (Lipinski definition) is 2. The average Bonchev–Trinajstić information content (AvgIpc) is 2.69. The maximum atomic E-state index is 12.4. The molecule has 0 radical (unpaired) electrons. The van der Waals surface area contributed by atoms with E-state index in [0.29, 0.717) is 17.4 Å². The normalized spacial score (nSPS) is 11.4. The standard InChI is InChI=1S/C22H24N4O3/c1-14-13-15(2)24-22(23-14)26-18-7-5-17(6-8-18)25-21(27)16(3)29-20-11-9-19(28-4)10-12-20/h5-13,16H,1-4H3,(H,25,27)(H,23,24,26). The van der Waals surface area contributed by atoms with Crippen LogP contribution < -0.4 is 20.1 Å². The highest BCUT2D eigenvalue weighted by molar-refractivity contribution is 5.94. The molecule has 1 amide bonds. The molecule has 7 nitrogen and oxygen atoms in total. The summed E-state index contributed by atoms with van der Waals surface area (Å²) >= 11 is 0. The van der Waals surface area contributed by atoms with Gasteiger partial charge in [-0.15, -0.1) is 0 Å². The number of hydrogen-bond acceptors (Lipinski definition) is 6. The van der Waals surface area contributed by atoms with Gasteiger partial charge in [-0.3, -0.25) is 4.79 Å². The van der Waals surface area contributed by atoms with E-state index < -0.39 is 6.10 Å². The molecule has 0 bridgehead atoms. The summed E-state index contributed by atoms with van der Waals surface area (Å²) in [6.07, 6.45) is -0.648. The van der Waals surface area contributed by atoms with Crippen LogP contribution in [-0.2, 0) is 4.79 Å². The lowest BCUT2D eigenvalue weighted by Gasteiger charge is -2.15. The number of carbonyl (C=O) groups excluding carboxylic acids is 1. The first-order chi connectivity index (χ1) is 13.9. The number of aromatic nitrogens is 2. The van der Waals surface area contributed by atoms with Crippen molar-refractivity contribution in [2.45, 2.75) is 26.9 Å². The van der Waals surface area contributed by atoms with Crippen molar-refractivity contribution in [2.75, 3.05) is 17.7 Å². The third-order valence-corrected chi connectivity index (χ3v) is 4.13. The molecule has 1 atom stereocenters. The smallest absolute Gasteiger partial charge is 0.265 e. The number of ether oxygens (including phenoxy) is 2. The Hall–Kier alpha value is -3.61. The van der Waals surface area contributed by atoms with E-state index >= 15 is 0 Å². The Kier molecular flexibility index (Phi) is 6.29. The van der Waals surface area contributed by atoms with Gasteiger partial charge in [0.05, 0.1) is 7.11 Å². The SMILES string of the molecule is COc1ccc(OC(C)C(=O)Nc2ccc(Nc3nc(C)cc(C)n3)cc2)cc1. The van der Waals surface area contributed by atoms with Crippen LogP contribution in [0.25, 0.3) is 0 Å². The van der Waals surface area contributed by atoms with Crippen LogP contribution in [0, 0.1) is 13.8 Å². The molecular weight excluding hydrogens is 368 g/mol. The molecule has 1 aromatic heterocycles. The quantitative estimate of drug-likeness (QED) is 0.625. The first-order valence-electron chi connectivity index (χ1n) is 9.24. The second kappa shape index (κ2) is 9.05. The molecule has 2 aromatic carbocycles. The largest absolute Gasteiger partial charge is 0.497 e. The highest BCUT2D eigenvalue weighted by Crippen LogP contribution is 2.20. The maximum absolute atomic E-state index is 12.4. The lowest BCUT2D eigenvalue weighted by Crippen LogP contribution is -2.30. The van der Waals surface area contributed by atoms with E-state index in [1.807, 2.05) is 44.2 Å². The minimum absolute atomic E-state index is 0.237. The Morgan fingerprint density at radius 1 is 0.897 bits per heavy atom. The number of aryl methyl sites for hydroxylation is 2. The Labute approximate surface area is 170 Å². The number of anilines is 3. The van der Waals surface area contributed by atoms with E-state index in [4.69, 9.17) is 9.47 Å². The molecule has 1 heterocycles. The summed E-state index contributed by atoms with van der Waals surface area (Å²) in [4.78, 5) is 21.1. The van der Waals surface area contributed by atoms with Gasteiger partial charge in [-0.1, -0.05) is 0 Å². The fraction of sp³-hybridized carbons (Fsp3) is 0.227. The van der Waals surface area contributed by atoms with Gasteiger partial charge >= 0.3 is 0 Å². The lowest BCUT2D eigenvalue weighted by atomic mass is 10.2. The zero-order valence-electron chi connectivity index (χ0n) is 16.9. The van der Waals surface area contributed by atoms with Crippen LogP contribution in [0.4, 0.5) is 17.3 Å². The van der Waals surface area contributed by atoms with Gasteiger partial charge in [0.25, 0.3) is 5.91 Å². The molecule has 3 rings (SSSR count). The first kappa shape index (κ1) is 20.1. The van der Waals surface area contributed by atoms with Gasteiger partial charge in [-0.25, -0.2) is 9.97 Å². The third kappa shape index (κ3) is 5.68. The van der Waals surface area contributed by atoms with Gasteiger partial charge in [0.15, 0.2) is 6.10 Å². The highest BCUT2D eigenvalue weighted by atomic mass is 16.5.